The number of carbonyl (C=O) groups excluding carboxylic acids is 1. The molecule has 1 aliphatic rings. The zero-order valence-corrected chi connectivity index (χ0v) is 14.2. The fourth-order valence-electron chi connectivity index (χ4n) is 3.05. The van der Waals surface area contributed by atoms with Gasteiger partial charge in [-0.1, -0.05) is 12.1 Å². The largest absolute Gasteiger partial charge is 0.324 e. The number of likely N-dealkylation sites (tertiary alicyclic amines) is 1. The van der Waals surface area contributed by atoms with Crippen molar-refractivity contribution < 1.29 is 9.72 Å². The SMILES string of the molecule is Cc1ccc([N+](=O)[O-])cc1NC(=O)CN1CCC[C@@H]1c1cccs1. The van der Waals surface area contributed by atoms with Crippen LogP contribution >= 0.6 is 11.3 Å². The Morgan fingerprint density at radius 3 is 3.00 bits per heavy atom. The Labute approximate surface area is 144 Å². The Bertz CT molecular complexity index is 746. The highest BCUT2D eigenvalue weighted by molar-refractivity contribution is 7.10. The van der Waals surface area contributed by atoms with E-state index in [9.17, 15) is 14.9 Å². The zero-order valence-electron chi connectivity index (χ0n) is 13.4. The summed E-state index contributed by atoms with van der Waals surface area (Å²) in [6, 6.07) is 8.94. The molecule has 1 N–H and O–H groups in total. The Morgan fingerprint density at radius 1 is 1.46 bits per heavy atom. The number of amides is 1. The van der Waals surface area contributed by atoms with Crippen LogP contribution in [0.2, 0.25) is 0 Å². The molecule has 6 nitrogen and oxygen atoms in total. The number of anilines is 1. The van der Waals surface area contributed by atoms with E-state index >= 15 is 0 Å². The lowest BCUT2D eigenvalue weighted by atomic mass is 10.1. The van der Waals surface area contributed by atoms with Crippen LogP contribution in [0.1, 0.15) is 29.3 Å². The molecule has 126 valence electrons. The van der Waals surface area contributed by atoms with Crippen molar-refractivity contribution in [3.8, 4) is 0 Å². The molecule has 3 rings (SSSR count). The topological polar surface area (TPSA) is 75.5 Å². The van der Waals surface area contributed by atoms with Gasteiger partial charge in [0.1, 0.15) is 0 Å². The number of thiophene rings is 1. The van der Waals surface area contributed by atoms with Gasteiger partial charge >= 0.3 is 0 Å². The molecule has 2 aromatic rings. The van der Waals surface area contributed by atoms with Gasteiger partial charge in [0.05, 0.1) is 17.2 Å². The number of benzene rings is 1. The van der Waals surface area contributed by atoms with Crippen LogP contribution < -0.4 is 5.32 Å². The van der Waals surface area contributed by atoms with E-state index in [0.717, 1.165) is 24.9 Å². The molecule has 0 radical (unpaired) electrons. The third-order valence-corrected chi connectivity index (χ3v) is 5.26. The average Bonchev–Trinajstić information content (AvgIpc) is 3.20. The highest BCUT2D eigenvalue weighted by Crippen LogP contribution is 2.34. The van der Waals surface area contributed by atoms with Crippen LogP contribution in [0.15, 0.2) is 35.7 Å². The van der Waals surface area contributed by atoms with Gasteiger partial charge in [-0.3, -0.25) is 19.8 Å². The first kappa shape index (κ1) is 16.6. The van der Waals surface area contributed by atoms with E-state index in [0.29, 0.717) is 18.3 Å². The number of rotatable bonds is 5. The fraction of sp³-hybridized carbons (Fsp3) is 0.353. The minimum Gasteiger partial charge on any atom is -0.324 e. The van der Waals surface area contributed by atoms with Crippen molar-refractivity contribution in [3.63, 3.8) is 0 Å². The summed E-state index contributed by atoms with van der Waals surface area (Å²) in [5.41, 5.74) is 1.29. The van der Waals surface area contributed by atoms with E-state index in [1.807, 2.05) is 13.0 Å². The summed E-state index contributed by atoms with van der Waals surface area (Å²) in [6.07, 6.45) is 2.13. The summed E-state index contributed by atoms with van der Waals surface area (Å²) in [6.45, 7) is 3.01. The van der Waals surface area contributed by atoms with Gasteiger partial charge in [-0.15, -0.1) is 11.3 Å². The highest BCUT2D eigenvalue weighted by atomic mass is 32.1. The van der Waals surface area contributed by atoms with Gasteiger partial charge in [0.15, 0.2) is 0 Å². The van der Waals surface area contributed by atoms with Crippen LogP contribution in [-0.2, 0) is 4.79 Å². The van der Waals surface area contributed by atoms with E-state index in [2.05, 4.69) is 21.7 Å². The zero-order chi connectivity index (χ0) is 17.1. The van der Waals surface area contributed by atoms with Gasteiger partial charge in [-0.05, 0) is 43.3 Å². The van der Waals surface area contributed by atoms with Crippen molar-refractivity contribution in [1.82, 2.24) is 4.90 Å². The monoisotopic (exact) mass is 345 g/mol. The summed E-state index contributed by atoms with van der Waals surface area (Å²) >= 11 is 1.71. The van der Waals surface area contributed by atoms with Crippen LogP contribution in [0.5, 0.6) is 0 Å². The summed E-state index contributed by atoms with van der Waals surface area (Å²) in [5, 5.41) is 15.8. The first-order valence-corrected chi connectivity index (χ1v) is 8.75. The third-order valence-electron chi connectivity index (χ3n) is 4.29. The molecule has 1 aliphatic heterocycles. The van der Waals surface area contributed by atoms with Crippen molar-refractivity contribution in [2.24, 2.45) is 0 Å². The quantitative estimate of drug-likeness (QED) is 0.661. The van der Waals surface area contributed by atoms with Gasteiger partial charge in [-0.25, -0.2) is 0 Å². The van der Waals surface area contributed by atoms with Crippen molar-refractivity contribution in [2.45, 2.75) is 25.8 Å². The molecule has 1 atom stereocenters. The summed E-state index contributed by atoms with van der Waals surface area (Å²) in [7, 11) is 0. The fourth-order valence-corrected chi connectivity index (χ4v) is 3.95. The molecule has 1 saturated heterocycles. The Hall–Kier alpha value is -2.25. The summed E-state index contributed by atoms with van der Waals surface area (Å²) < 4.78 is 0. The molecule has 1 fully saturated rings. The second-order valence-corrected chi connectivity index (χ2v) is 6.93. The van der Waals surface area contributed by atoms with Gasteiger partial charge in [0.25, 0.3) is 5.69 Å². The van der Waals surface area contributed by atoms with Gasteiger partial charge in [0, 0.05) is 23.1 Å². The number of non-ortho nitro benzene ring substituents is 1. The van der Waals surface area contributed by atoms with E-state index in [1.54, 1.807) is 17.4 Å². The maximum atomic E-state index is 12.4. The molecule has 1 amide bonds. The number of hydrogen-bond donors (Lipinski definition) is 1. The molecule has 0 bridgehead atoms. The molecular weight excluding hydrogens is 326 g/mol. The van der Waals surface area contributed by atoms with E-state index < -0.39 is 4.92 Å². The standard InChI is InChI=1S/C17H19N3O3S/c1-12-6-7-13(20(22)23)10-14(12)18-17(21)11-19-8-2-4-15(19)16-5-3-9-24-16/h3,5-7,9-10,15H,2,4,8,11H2,1H3,(H,18,21)/t15-/m1/s1. The third kappa shape index (κ3) is 3.63. The molecule has 2 heterocycles. The maximum Gasteiger partial charge on any atom is 0.271 e. The number of nitro groups is 1. The number of hydrogen-bond acceptors (Lipinski definition) is 5. The second kappa shape index (κ2) is 7.11. The molecule has 1 aromatic heterocycles. The van der Waals surface area contributed by atoms with E-state index in [1.165, 1.54) is 17.0 Å². The normalized spacial score (nSPS) is 17.8. The minimum absolute atomic E-state index is 0.0199. The molecule has 7 heteroatoms. The molecule has 24 heavy (non-hydrogen) atoms. The lowest BCUT2D eigenvalue weighted by molar-refractivity contribution is -0.384. The van der Waals surface area contributed by atoms with E-state index in [4.69, 9.17) is 0 Å². The first-order valence-electron chi connectivity index (χ1n) is 7.87. The van der Waals surface area contributed by atoms with Gasteiger partial charge in [-0.2, -0.15) is 0 Å². The van der Waals surface area contributed by atoms with Gasteiger partial charge < -0.3 is 5.32 Å². The van der Waals surface area contributed by atoms with Crippen LogP contribution in [0.25, 0.3) is 0 Å². The maximum absolute atomic E-state index is 12.4. The summed E-state index contributed by atoms with van der Waals surface area (Å²) in [5.74, 6) is -0.137. The second-order valence-electron chi connectivity index (χ2n) is 5.95. The molecule has 0 saturated carbocycles. The number of aryl methyl sites for hydroxylation is 1. The van der Waals surface area contributed by atoms with Crippen LogP contribution in [-0.4, -0.2) is 28.8 Å². The predicted molar refractivity (Wildman–Crippen MR) is 94.3 cm³/mol. The lowest BCUT2D eigenvalue weighted by Crippen LogP contribution is -2.32. The smallest absolute Gasteiger partial charge is 0.271 e. The average molecular weight is 345 g/mol. The molecular formula is C17H19N3O3S. The van der Waals surface area contributed by atoms with Crippen LogP contribution in [0.3, 0.4) is 0 Å². The molecule has 0 spiro atoms. The minimum atomic E-state index is -0.456. The number of carbonyl (C=O) groups is 1. The van der Waals surface area contributed by atoms with Crippen molar-refractivity contribution in [2.75, 3.05) is 18.4 Å². The Balaban J connectivity index is 1.67. The number of nitrogens with one attached hydrogen (secondary N) is 1. The lowest BCUT2D eigenvalue weighted by Gasteiger charge is -2.23. The molecule has 0 unspecified atom stereocenters. The van der Waals surface area contributed by atoms with Crippen LogP contribution in [0, 0.1) is 17.0 Å². The van der Waals surface area contributed by atoms with Crippen LogP contribution in [0.4, 0.5) is 11.4 Å². The Morgan fingerprint density at radius 2 is 2.29 bits per heavy atom. The Kier molecular flexibility index (Phi) is 4.92. The molecule has 0 aliphatic carbocycles. The van der Waals surface area contributed by atoms with Crippen molar-refractivity contribution in [3.05, 3.63) is 56.3 Å². The summed E-state index contributed by atoms with van der Waals surface area (Å²) in [4.78, 5) is 26.3. The van der Waals surface area contributed by atoms with Gasteiger partial charge in [0.2, 0.25) is 5.91 Å². The van der Waals surface area contributed by atoms with E-state index in [-0.39, 0.29) is 11.6 Å². The van der Waals surface area contributed by atoms with Crippen molar-refractivity contribution in [1.29, 1.82) is 0 Å². The first-order chi connectivity index (χ1) is 11.5. The predicted octanol–water partition coefficient (Wildman–Crippen LogP) is 3.74. The number of nitrogens with zero attached hydrogens (tertiary/aromatic N) is 2. The molecule has 1 aromatic carbocycles. The highest BCUT2D eigenvalue weighted by Gasteiger charge is 2.28. The van der Waals surface area contributed by atoms with Crippen molar-refractivity contribution >= 4 is 28.6 Å². The number of nitro benzene ring substituents is 1.